The first-order valence-corrected chi connectivity index (χ1v) is 9.13. The van der Waals surface area contributed by atoms with Crippen LogP contribution < -0.4 is 10.2 Å². The molecule has 1 saturated heterocycles. The molecule has 1 fully saturated rings. The second kappa shape index (κ2) is 8.06. The van der Waals surface area contributed by atoms with Crippen molar-refractivity contribution in [2.24, 2.45) is 0 Å². The van der Waals surface area contributed by atoms with Gasteiger partial charge >= 0.3 is 0 Å². The number of nitrogens with one attached hydrogen (secondary N) is 1. The molecule has 126 valence electrons. The highest BCUT2D eigenvalue weighted by molar-refractivity contribution is 7.12. The van der Waals surface area contributed by atoms with Gasteiger partial charge in [0.25, 0.3) is 0 Å². The number of carbonyl (C=O) groups excluding carboxylic acids is 2. The van der Waals surface area contributed by atoms with Crippen LogP contribution in [0, 0.1) is 0 Å². The molecule has 0 spiro atoms. The van der Waals surface area contributed by atoms with E-state index in [0.29, 0.717) is 11.4 Å². The molecule has 0 saturated carbocycles. The van der Waals surface area contributed by atoms with Crippen LogP contribution >= 0.6 is 11.3 Å². The van der Waals surface area contributed by atoms with E-state index in [1.54, 1.807) is 12.3 Å². The number of aromatic nitrogens is 1. The van der Waals surface area contributed by atoms with Crippen LogP contribution in [-0.4, -0.2) is 29.8 Å². The number of Topliss-reactive ketones (excluding diaryl/α,β-unsaturated/α-hetero) is 1. The lowest BCUT2D eigenvalue weighted by molar-refractivity contribution is -0.121. The molecule has 0 aliphatic carbocycles. The second-order valence-corrected chi connectivity index (χ2v) is 6.84. The van der Waals surface area contributed by atoms with Crippen molar-refractivity contribution in [2.75, 3.05) is 18.0 Å². The molecule has 3 heterocycles. The molecule has 1 aliphatic heterocycles. The Morgan fingerprint density at radius 3 is 2.79 bits per heavy atom. The summed E-state index contributed by atoms with van der Waals surface area (Å²) in [6, 6.07) is 7.58. The smallest absolute Gasteiger partial charge is 0.220 e. The molecular formula is C18H21N3O2S. The van der Waals surface area contributed by atoms with Crippen molar-refractivity contribution in [1.29, 1.82) is 0 Å². The van der Waals surface area contributed by atoms with Crippen molar-refractivity contribution in [3.8, 4) is 0 Å². The van der Waals surface area contributed by atoms with Crippen LogP contribution in [0.15, 0.2) is 35.8 Å². The van der Waals surface area contributed by atoms with Gasteiger partial charge in [-0.05, 0) is 42.0 Å². The van der Waals surface area contributed by atoms with E-state index < -0.39 is 0 Å². The Morgan fingerprint density at radius 2 is 2.04 bits per heavy atom. The fraction of sp³-hybridized carbons (Fsp3) is 0.389. The number of pyridine rings is 1. The topological polar surface area (TPSA) is 62.3 Å². The van der Waals surface area contributed by atoms with Gasteiger partial charge in [-0.3, -0.25) is 9.59 Å². The molecular weight excluding hydrogens is 322 g/mol. The monoisotopic (exact) mass is 343 g/mol. The van der Waals surface area contributed by atoms with Gasteiger partial charge in [0, 0.05) is 38.7 Å². The molecule has 2 aromatic heterocycles. The maximum absolute atomic E-state index is 11.9. The summed E-state index contributed by atoms with van der Waals surface area (Å²) in [6.07, 6.45) is 4.68. The summed E-state index contributed by atoms with van der Waals surface area (Å²) in [5, 5.41) is 4.75. The summed E-state index contributed by atoms with van der Waals surface area (Å²) in [5.74, 6) is 0.909. The average molecular weight is 343 g/mol. The molecule has 3 rings (SSSR count). The molecule has 5 nitrogen and oxygen atoms in total. The van der Waals surface area contributed by atoms with Crippen LogP contribution in [-0.2, 0) is 11.3 Å². The van der Waals surface area contributed by atoms with Crippen LogP contribution in [0.25, 0.3) is 0 Å². The van der Waals surface area contributed by atoms with Crippen molar-refractivity contribution in [3.05, 3.63) is 46.3 Å². The highest BCUT2D eigenvalue weighted by atomic mass is 32.1. The highest BCUT2D eigenvalue weighted by Crippen LogP contribution is 2.18. The Labute approximate surface area is 145 Å². The quantitative estimate of drug-likeness (QED) is 0.785. The van der Waals surface area contributed by atoms with E-state index in [-0.39, 0.29) is 24.5 Å². The third-order valence-corrected chi connectivity index (χ3v) is 5.02. The van der Waals surface area contributed by atoms with E-state index in [1.807, 2.05) is 23.6 Å². The van der Waals surface area contributed by atoms with Gasteiger partial charge in [-0.1, -0.05) is 6.07 Å². The Morgan fingerprint density at radius 1 is 1.21 bits per heavy atom. The van der Waals surface area contributed by atoms with Crippen molar-refractivity contribution >= 4 is 28.8 Å². The van der Waals surface area contributed by atoms with Gasteiger partial charge in [0.15, 0.2) is 5.78 Å². The minimum absolute atomic E-state index is 0.0281. The molecule has 24 heavy (non-hydrogen) atoms. The lowest BCUT2D eigenvalue weighted by Crippen LogP contribution is -2.24. The minimum Gasteiger partial charge on any atom is -0.357 e. The number of hydrogen-bond donors (Lipinski definition) is 1. The normalized spacial score (nSPS) is 13.9. The molecule has 0 radical (unpaired) electrons. The molecule has 0 atom stereocenters. The lowest BCUT2D eigenvalue weighted by atomic mass is 10.2. The minimum atomic E-state index is -0.0977. The highest BCUT2D eigenvalue weighted by Gasteiger charge is 2.14. The zero-order valence-electron chi connectivity index (χ0n) is 13.5. The molecule has 1 N–H and O–H groups in total. The number of hydrogen-bond acceptors (Lipinski definition) is 5. The fourth-order valence-corrected chi connectivity index (χ4v) is 3.46. The maximum atomic E-state index is 11.9. The summed E-state index contributed by atoms with van der Waals surface area (Å²) in [7, 11) is 0. The molecule has 1 amide bonds. The van der Waals surface area contributed by atoms with Gasteiger partial charge in [0.1, 0.15) is 5.82 Å². The molecule has 0 bridgehead atoms. The Kier molecular flexibility index (Phi) is 5.59. The molecule has 6 heteroatoms. The number of ketones is 1. The number of amides is 1. The Bertz CT molecular complexity index is 694. The summed E-state index contributed by atoms with van der Waals surface area (Å²) in [5.41, 5.74) is 1.03. The zero-order valence-corrected chi connectivity index (χ0v) is 14.3. The van der Waals surface area contributed by atoms with Crippen molar-refractivity contribution < 1.29 is 9.59 Å². The van der Waals surface area contributed by atoms with Gasteiger partial charge in [0.2, 0.25) is 5.91 Å². The standard InChI is InChI=1S/C18H21N3O2S/c22-15(16-4-3-11-24-16)5-6-18(23)20-13-14-7-8-19-17(12-14)21-9-1-2-10-21/h3-4,7-8,11-12H,1-2,5-6,9-10,13H2,(H,20,23). The Balaban J connectivity index is 1.46. The van der Waals surface area contributed by atoms with Crippen molar-refractivity contribution in [3.63, 3.8) is 0 Å². The molecule has 1 aliphatic rings. The van der Waals surface area contributed by atoms with Gasteiger partial charge in [-0.25, -0.2) is 4.98 Å². The van der Waals surface area contributed by atoms with Crippen LogP contribution in [0.5, 0.6) is 0 Å². The van der Waals surface area contributed by atoms with Crippen molar-refractivity contribution in [2.45, 2.75) is 32.2 Å². The van der Waals surface area contributed by atoms with E-state index in [1.165, 1.54) is 24.2 Å². The van der Waals surface area contributed by atoms with E-state index in [0.717, 1.165) is 24.5 Å². The predicted molar refractivity (Wildman–Crippen MR) is 95.4 cm³/mol. The summed E-state index contributed by atoms with van der Waals surface area (Å²) >= 11 is 1.41. The van der Waals surface area contributed by atoms with Crippen LogP contribution in [0.4, 0.5) is 5.82 Å². The SMILES string of the molecule is O=C(CCC(=O)c1cccs1)NCc1ccnc(N2CCCC2)c1. The molecule has 0 aromatic carbocycles. The van der Waals surface area contributed by atoms with E-state index in [4.69, 9.17) is 0 Å². The predicted octanol–water partition coefficient (Wildman–Crippen LogP) is 3.02. The van der Waals surface area contributed by atoms with E-state index in [2.05, 4.69) is 15.2 Å². The first-order valence-electron chi connectivity index (χ1n) is 8.25. The van der Waals surface area contributed by atoms with Gasteiger partial charge in [-0.2, -0.15) is 0 Å². The van der Waals surface area contributed by atoms with Gasteiger partial charge in [-0.15, -0.1) is 11.3 Å². The lowest BCUT2D eigenvalue weighted by Gasteiger charge is -2.17. The van der Waals surface area contributed by atoms with Crippen LogP contribution in [0.3, 0.4) is 0 Å². The third kappa shape index (κ3) is 4.41. The van der Waals surface area contributed by atoms with Gasteiger partial charge < -0.3 is 10.2 Å². The van der Waals surface area contributed by atoms with Crippen LogP contribution in [0.1, 0.15) is 40.9 Å². The fourth-order valence-electron chi connectivity index (χ4n) is 2.77. The summed E-state index contributed by atoms with van der Waals surface area (Å²) in [4.78, 5) is 31.2. The van der Waals surface area contributed by atoms with E-state index in [9.17, 15) is 9.59 Å². The average Bonchev–Trinajstić information content (AvgIpc) is 3.31. The number of anilines is 1. The summed E-state index contributed by atoms with van der Waals surface area (Å²) in [6.45, 7) is 2.57. The first-order chi connectivity index (χ1) is 11.7. The first kappa shape index (κ1) is 16.6. The second-order valence-electron chi connectivity index (χ2n) is 5.89. The Hall–Kier alpha value is -2.21. The van der Waals surface area contributed by atoms with E-state index >= 15 is 0 Å². The third-order valence-electron chi connectivity index (χ3n) is 4.10. The van der Waals surface area contributed by atoms with Crippen LogP contribution in [0.2, 0.25) is 0 Å². The maximum Gasteiger partial charge on any atom is 0.220 e. The molecule has 0 unspecified atom stereocenters. The molecule has 2 aromatic rings. The number of rotatable bonds is 7. The largest absolute Gasteiger partial charge is 0.357 e. The number of carbonyl (C=O) groups is 2. The number of nitrogens with zero attached hydrogens (tertiary/aromatic N) is 2. The number of thiophene rings is 1. The van der Waals surface area contributed by atoms with Gasteiger partial charge in [0.05, 0.1) is 4.88 Å². The summed E-state index contributed by atoms with van der Waals surface area (Å²) < 4.78 is 0. The zero-order chi connectivity index (χ0) is 16.8. The van der Waals surface area contributed by atoms with Crippen molar-refractivity contribution in [1.82, 2.24) is 10.3 Å².